The molecule has 5 rings (SSSR count). The number of pyridine rings is 2. The molecule has 33 heavy (non-hydrogen) atoms. The first-order valence-corrected chi connectivity index (χ1v) is 10.2. The molecule has 0 saturated heterocycles. The van der Waals surface area contributed by atoms with Crippen molar-refractivity contribution in [1.82, 2.24) is 9.55 Å². The zero-order valence-corrected chi connectivity index (χ0v) is 18.0. The molecule has 2 N–H and O–H groups in total. The van der Waals surface area contributed by atoms with Crippen molar-refractivity contribution in [3.63, 3.8) is 0 Å². The largest absolute Gasteiger partial charge is 0.493 e. The number of nitrogens with two attached hydrogens (primary N) is 1. The molecule has 166 valence electrons. The lowest BCUT2D eigenvalue weighted by Crippen LogP contribution is -2.33. The highest BCUT2D eigenvalue weighted by atomic mass is 16.7. The fourth-order valence-corrected chi connectivity index (χ4v) is 4.19. The predicted molar refractivity (Wildman–Crippen MR) is 117 cm³/mol. The Morgan fingerprint density at radius 1 is 1.27 bits per heavy atom. The van der Waals surface area contributed by atoms with Crippen LogP contribution in [0.2, 0.25) is 0 Å². The second-order valence-corrected chi connectivity index (χ2v) is 7.66. The summed E-state index contributed by atoms with van der Waals surface area (Å²) in [5.41, 5.74) is 8.27. The Labute approximate surface area is 189 Å². The zero-order chi connectivity index (χ0) is 23.1. The van der Waals surface area contributed by atoms with Crippen molar-refractivity contribution in [2.45, 2.75) is 19.4 Å². The van der Waals surface area contributed by atoms with Gasteiger partial charge in [0.1, 0.15) is 17.4 Å². The molecule has 0 unspecified atom stereocenters. The van der Waals surface area contributed by atoms with Crippen molar-refractivity contribution in [2.75, 3.05) is 13.9 Å². The number of hydrogen-bond acceptors (Lipinski definition) is 8. The number of ether oxygens (including phenoxy) is 4. The van der Waals surface area contributed by atoms with Crippen molar-refractivity contribution < 1.29 is 18.9 Å². The van der Waals surface area contributed by atoms with Crippen LogP contribution in [0.1, 0.15) is 28.4 Å². The molecule has 0 radical (unpaired) electrons. The van der Waals surface area contributed by atoms with Gasteiger partial charge < -0.3 is 29.2 Å². The molecule has 1 aromatic carbocycles. The van der Waals surface area contributed by atoms with Crippen LogP contribution in [0.4, 0.5) is 0 Å². The predicted octanol–water partition coefficient (Wildman–Crippen LogP) is 2.56. The summed E-state index contributed by atoms with van der Waals surface area (Å²) in [5.74, 6) is 0.866. The van der Waals surface area contributed by atoms with Crippen LogP contribution in [-0.2, 0) is 6.54 Å². The van der Waals surface area contributed by atoms with Crippen molar-refractivity contribution in [3.05, 3.63) is 86.9 Å². The molecule has 3 aromatic rings. The fraction of sp³-hybridized carbons (Fsp3) is 0.208. The Kier molecular flexibility index (Phi) is 4.90. The minimum Gasteiger partial charge on any atom is -0.493 e. The van der Waals surface area contributed by atoms with E-state index in [2.05, 4.69) is 11.1 Å². The number of nitriles is 1. The summed E-state index contributed by atoms with van der Waals surface area (Å²) in [7, 11) is 1.51. The Bertz CT molecular complexity index is 1390. The second kappa shape index (κ2) is 7.91. The van der Waals surface area contributed by atoms with E-state index in [-0.39, 0.29) is 30.4 Å². The van der Waals surface area contributed by atoms with Crippen LogP contribution in [0.15, 0.2) is 58.8 Å². The Morgan fingerprint density at radius 3 is 2.85 bits per heavy atom. The Morgan fingerprint density at radius 2 is 2.12 bits per heavy atom. The highest BCUT2D eigenvalue weighted by Gasteiger charge is 2.36. The summed E-state index contributed by atoms with van der Waals surface area (Å²) in [6.45, 7) is 2.14. The zero-order valence-electron chi connectivity index (χ0n) is 18.0. The van der Waals surface area contributed by atoms with Crippen LogP contribution >= 0.6 is 0 Å². The standard InChI is InChI=1S/C24H20N4O5/c1-13-7-17-21(24(29)28(13)11-15-5-3-4-6-27-15)20(16(10-25)23(26)33-17)14-8-18(30-2)22-19(9-14)31-12-32-22/h3-9,20H,11-12,26H2,1-2H3/t20-/m1/s1. The van der Waals surface area contributed by atoms with Crippen LogP contribution in [0.5, 0.6) is 23.0 Å². The molecular weight excluding hydrogens is 424 g/mol. The molecule has 2 aliphatic heterocycles. The van der Waals surface area contributed by atoms with E-state index in [4.69, 9.17) is 24.7 Å². The minimum atomic E-state index is -0.773. The smallest absolute Gasteiger partial charge is 0.259 e. The van der Waals surface area contributed by atoms with Gasteiger partial charge in [0.25, 0.3) is 5.56 Å². The second-order valence-electron chi connectivity index (χ2n) is 7.66. The van der Waals surface area contributed by atoms with Gasteiger partial charge in [-0.2, -0.15) is 5.26 Å². The molecule has 0 amide bonds. The highest BCUT2D eigenvalue weighted by Crippen LogP contribution is 2.47. The number of hydrogen-bond donors (Lipinski definition) is 1. The molecule has 2 aliphatic rings. The summed E-state index contributed by atoms with van der Waals surface area (Å²) in [5, 5.41) is 9.91. The van der Waals surface area contributed by atoms with E-state index in [0.717, 1.165) is 5.69 Å². The first-order chi connectivity index (χ1) is 16.0. The third-order valence-corrected chi connectivity index (χ3v) is 5.75. The molecule has 0 saturated carbocycles. The van der Waals surface area contributed by atoms with Crippen LogP contribution in [0.3, 0.4) is 0 Å². The number of methoxy groups -OCH3 is 1. The number of benzene rings is 1. The van der Waals surface area contributed by atoms with E-state index >= 15 is 0 Å². The third-order valence-electron chi connectivity index (χ3n) is 5.75. The molecule has 0 aliphatic carbocycles. The van der Waals surface area contributed by atoms with Gasteiger partial charge in [0.05, 0.1) is 30.8 Å². The average molecular weight is 444 g/mol. The first-order valence-electron chi connectivity index (χ1n) is 10.2. The molecule has 1 atom stereocenters. The van der Waals surface area contributed by atoms with Gasteiger partial charge in [-0.1, -0.05) is 6.07 Å². The lowest BCUT2D eigenvalue weighted by molar-refractivity contribution is 0.171. The molecule has 0 spiro atoms. The molecule has 4 heterocycles. The van der Waals surface area contributed by atoms with Crippen LogP contribution in [-0.4, -0.2) is 23.5 Å². The van der Waals surface area contributed by atoms with E-state index in [1.165, 1.54) is 7.11 Å². The molecule has 9 nitrogen and oxygen atoms in total. The van der Waals surface area contributed by atoms with Gasteiger partial charge in [-0.15, -0.1) is 0 Å². The quantitative estimate of drug-likeness (QED) is 0.652. The third kappa shape index (κ3) is 3.32. The van der Waals surface area contributed by atoms with Gasteiger partial charge in [-0.25, -0.2) is 0 Å². The lowest BCUT2D eigenvalue weighted by atomic mass is 9.83. The summed E-state index contributed by atoms with van der Waals surface area (Å²) in [4.78, 5) is 18.1. The van der Waals surface area contributed by atoms with Gasteiger partial charge in [0.15, 0.2) is 11.5 Å². The summed E-state index contributed by atoms with van der Waals surface area (Å²) in [6.07, 6.45) is 1.68. The molecule has 9 heteroatoms. The maximum absolute atomic E-state index is 13.8. The summed E-state index contributed by atoms with van der Waals surface area (Å²) >= 11 is 0. The number of aryl methyl sites for hydroxylation is 1. The number of fused-ring (bicyclic) bond motifs is 2. The maximum Gasteiger partial charge on any atom is 0.259 e. The van der Waals surface area contributed by atoms with E-state index in [1.54, 1.807) is 29.0 Å². The fourth-order valence-electron chi connectivity index (χ4n) is 4.19. The maximum atomic E-state index is 13.8. The van der Waals surface area contributed by atoms with Crippen molar-refractivity contribution >= 4 is 0 Å². The lowest BCUT2D eigenvalue weighted by Gasteiger charge is -2.27. The topological polar surface area (TPSA) is 122 Å². The number of rotatable bonds is 4. The molecule has 0 fully saturated rings. The van der Waals surface area contributed by atoms with Crippen LogP contribution in [0, 0.1) is 18.3 Å². The SMILES string of the molecule is COc1cc([C@@H]2C(C#N)=C(N)Oc3cc(C)n(Cc4ccccn4)c(=O)c32)cc2c1OCO2. The number of aromatic nitrogens is 2. The van der Waals surface area contributed by atoms with E-state index in [0.29, 0.717) is 39.8 Å². The molecular formula is C24H20N4O5. The normalized spacial score (nSPS) is 16.1. The van der Waals surface area contributed by atoms with Gasteiger partial charge >= 0.3 is 0 Å². The van der Waals surface area contributed by atoms with Crippen molar-refractivity contribution in [3.8, 4) is 29.1 Å². The van der Waals surface area contributed by atoms with Gasteiger partial charge in [0, 0.05) is 18.0 Å². The number of allylic oxidation sites excluding steroid dienone is 1. The van der Waals surface area contributed by atoms with E-state index < -0.39 is 5.92 Å². The van der Waals surface area contributed by atoms with Gasteiger partial charge in [-0.3, -0.25) is 9.78 Å². The van der Waals surface area contributed by atoms with E-state index in [9.17, 15) is 10.1 Å². The van der Waals surface area contributed by atoms with Gasteiger partial charge in [-0.05, 0) is 36.8 Å². The van der Waals surface area contributed by atoms with Crippen LogP contribution < -0.4 is 30.2 Å². The van der Waals surface area contributed by atoms with Crippen molar-refractivity contribution in [1.29, 1.82) is 5.26 Å². The first kappa shape index (κ1) is 20.5. The Hall–Kier alpha value is -4.45. The molecule has 0 bridgehead atoms. The Balaban J connectivity index is 1.73. The number of nitrogens with zero attached hydrogens (tertiary/aromatic N) is 3. The molecule has 2 aromatic heterocycles. The monoisotopic (exact) mass is 444 g/mol. The summed E-state index contributed by atoms with van der Waals surface area (Å²) in [6, 6.07) is 12.8. The minimum absolute atomic E-state index is 0.0482. The van der Waals surface area contributed by atoms with Crippen molar-refractivity contribution in [2.24, 2.45) is 5.73 Å². The van der Waals surface area contributed by atoms with Crippen LogP contribution in [0.25, 0.3) is 0 Å². The van der Waals surface area contributed by atoms with Gasteiger partial charge in [0.2, 0.25) is 18.4 Å². The highest BCUT2D eigenvalue weighted by molar-refractivity contribution is 5.61. The van der Waals surface area contributed by atoms with E-state index in [1.807, 2.05) is 25.1 Å². The average Bonchev–Trinajstić information content (AvgIpc) is 3.30. The summed E-state index contributed by atoms with van der Waals surface area (Å²) < 4.78 is 23.8.